The van der Waals surface area contributed by atoms with E-state index in [1.807, 2.05) is 13.8 Å². The van der Waals surface area contributed by atoms with Gasteiger partial charge in [0.1, 0.15) is 5.25 Å². The third-order valence-electron chi connectivity index (χ3n) is 3.66. The van der Waals surface area contributed by atoms with E-state index in [-0.39, 0.29) is 11.2 Å². The standard InChI is InChI=1S/C19H31NO2S/c1-4-7-8-9-10-15-20-16-11-13-17(14-12-16)23-18(5-2)19(21)22-6-3/h11-14,18,20H,4-10,15H2,1-3H3. The maximum Gasteiger partial charge on any atom is 0.319 e. The predicted octanol–water partition coefficient (Wildman–Crippen LogP) is 5.50. The summed E-state index contributed by atoms with van der Waals surface area (Å²) in [6.45, 7) is 7.57. The molecule has 23 heavy (non-hydrogen) atoms. The minimum Gasteiger partial charge on any atom is -0.465 e. The van der Waals surface area contributed by atoms with E-state index in [1.54, 1.807) is 11.8 Å². The van der Waals surface area contributed by atoms with E-state index < -0.39 is 0 Å². The molecule has 0 saturated carbocycles. The van der Waals surface area contributed by atoms with Crippen LogP contribution in [0.1, 0.15) is 59.3 Å². The summed E-state index contributed by atoms with van der Waals surface area (Å²) in [4.78, 5) is 12.9. The van der Waals surface area contributed by atoms with E-state index in [9.17, 15) is 4.79 Å². The average molecular weight is 338 g/mol. The maximum atomic E-state index is 11.8. The Bertz CT molecular complexity index is 434. The van der Waals surface area contributed by atoms with E-state index in [0.29, 0.717) is 6.61 Å². The molecule has 4 heteroatoms. The molecule has 0 bridgehead atoms. The van der Waals surface area contributed by atoms with Gasteiger partial charge in [0.2, 0.25) is 0 Å². The fourth-order valence-electron chi connectivity index (χ4n) is 2.31. The minimum atomic E-state index is -0.118. The lowest BCUT2D eigenvalue weighted by Gasteiger charge is -2.13. The van der Waals surface area contributed by atoms with Crippen molar-refractivity contribution in [2.75, 3.05) is 18.5 Å². The molecule has 0 amide bonds. The van der Waals surface area contributed by atoms with Crippen LogP contribution in [0.4, 0.5) is 5.69 Å². The summed E-state index contributed by atoms with van der Waals surface area (Å²) < 4.78 is 5.11. The zero-order chi connectivity index (χ0) is 16.9. The first-order valence-corrected chi connectivity index (χ1v) is 9.76. The van der Waals surface area contributed by atoms with Gasteiger partial charge in [0.25, 0.3) is 0 Å². The Hall–Kier alpha value is -1.16. The highest BCUT2D eigenvalue weighted by molar-refractivity contribution is 8.00. The summed E-state index contributed by atoms with van der Waals surface area (Å²) in [5.41, 5.74) is 1.15. The zero-order valence-corrected chi connectivity index (χ0v) is 15.6. The first-order valence-electron chi connectivity index (χ1n) is 8.88. The van der Waals surface area contributed by atoms with E-state index in [2.05, 4.69) is 36.5 Å². The molecule has 1 unspecified atom stereocenters. The second-order valence-corrected chi connectivity index (χ2v) is 6.91. The number of carbonyl (C=O) groups is 1. The van der Waals surface area contributed by atoms with Crippen LogP contribution < -0.4 is 5.32 Å². The number of carbonyl (C=O) groups excluding carboxylic acids is 1. The van der Waals surface area contributed by atoms with Crippen molar-refractivity contribution < 1.29 is 9.53 Å². The van der Waals surface area contributed by atoms with Crippen LogP contribution in [0.15, 0.2) is 29.2 Å². The van der Waals surface area contributed by atoms with Gasteiger partial charge in [-0.3, -0.25) is 4.79 Å². The molecule has 0 fully saturated rings. The molecule has 1 rings (SSSR count). The van der Waals surface area contributed by atoms with Crippen molar-refractivity contribution in [2.45, 2.75) is 69.4 Å². The number of rotatable bonds is 12. The average Bonchev–Trinajstić information content (AvgIpc) is 2.57. The van der Waals surface area contributed by atoms with Gasteiger partial charge >= 0.3 is 5.97 Å². The number of anilines is 1. The van der Waals surface area contributed by atoms with E-state index in [0.717, 1.165) is 23.5 Å². The largest absolute Gasteiger partial charge is 0.465 e. The highest BCUT2D eigenvalue weighted by atomic mass is 32.2. The quantitative estimate of drug-likeness (QED) is 0.310. The normalized spacial score (nSPS) is 12.0. The van der Waals surface area contributed by atoms with Crippen LogP contribution in [0.25, 0.3) is 0 Å². The number of unbranched alkanes of at least 4 members (excludes halogenated alkanes) is 4. The van der Waals surface area contributed by atoms with Crippen molar-refractivity contribution in [3.8, 4) is 0 Å². The minimum absolute atomic E-state index is 0.116. The van der Waals surface area contributed by atoms with Gasteiger partial charge in [-0.25, -0.2) is 0 Å². The van der Waals surface area contributed by atoms with Gasteiger partial charge in [-0.1, -0.05) is 39.5 Å². The van der Waals surface area contributed by atoms with Gasteiger partial charge in [-0.2, -0.15) is 0 Å². The molecule has 0 aliphatic rings. The van der Waals surface area contributed by atoms with Crippen molar-refractivity contribution in [1.29, 1.82) is 0 Å². The highest BCUT2D eigenvalue weighted by Crippen LogP contribution is 2.27. The van der Waals surface area contributed by atoms with Crippen LogP contribution in [-0.2, 0) is 9.53 Å². The molecular formula is C19H31NO2S. The monoisotopic (exact) mass is 337 g/mol. The van der Waals surface area contributed by atoms with Gasteiger partial charge in [0.15, 0.2) is 0 Å². The van der Waals surface area contributed by atoms with Crippen LogP contribution in [0, 0.1) is 0 Å². The van der Waals surface area contributed by atoms with E-state index in [4.69, 9.17) is 4.74 Å². The highest BCUT2D eigenvalue weighted by Gasteiger charge is 2.18. The molecule has 0 aromatic heterocycles. The van der Waals surface area contributed by atoms with Crippen LogP contribution >= 0.6 is 11.8 Å². The van der Waals surface area contributed by atoms with Gasteiger partial charge in [-0.05, 0) is 44.0 Å². The molecule has 0 radical (unpaired) electrons. The molecule has 0 aliphatic carbocycles. The molecule has 0 aliphatic heterocycles. The number of hydrogen-bond donors (Lipinski definition) is 1. The molecular weight excluding hydrogens is 306 g/mol. The summed E-state index contributed by atoms with van der Waals surface area (Å²) in [7, 11) is 0. The van der Waals surface area contributed by atoms with Crippen molar-refractivity contribution >= 4 is 23.4 Å². The first-order chi connectivity index (χ1) is 11.2. The number of hydrogen-bond acceptors (Lipinski definition) is 4. The fraction of sp³-hybridized carbons (Fsp3) is 0.632. The van der Waals surface area contributed by atoms with Crippen molar-refractivity contribution in [3.05, 3.63) is 24.3 Å². The zero-order valence-electron chi connectivity index (χ0n) is 14.8. The van der Waals surface area contributed by atoms with Gasteiger partial charge in [0.05, 0.1) is 6.61 Å². The Morgan fingerprint density at radius 3 is 2.39 bits per heavy atom. The number of nitrogens with one attached hydrogen (secondary N) is 1. The van der Waals surface area contributed by atoms with Crippen molar-refractivity contribution in [1.82, 2.24) is 0 Å². The molecule has 3 nitrogen and oxygen atoms in total. The Kier molecular flexibility index (Phi) is 10.6. The number of ether oxygens (including phenoxy) is 1. The van der Waals surface area contributed by atoms with Crippen molar-refractivity contribution in [2.24, 2.45) is 0 Å². The first kappa shape index (κ1) is 19.9. The summed E-state index contributed by atoms with van der Waals surface area (Å²) in [6, 6.07) is 8.33. The topological polar surface area (TPSA) is 38.3 Å². The lowest BCUT2D eigenvalue weighted by molar-refractivity contribution is -0.142. The molecule has 1 aromatic rings. The summed E-state index contributed by atoms with van der Waals surface area (Å²) in [5, 5.41) is 3.34. The Morgan fingerprint density at radius 1 is 1.09 bits per heavy atom. The molecule has 1 aromatic carbocycles. The molecule has 0 spiro atoms. The number of thioether (sulfide) groups is 1. The van der Waals surface area contributed by atoms with Gasteiger partial charge < -0.3 is 10.1 Å². The van der Waals surface area contributed by atoms with Gasteiger partial charge in [0, 0.05) is 17.1 Å². The third-order valence-corrected chi connectivity index (χ3v) is 5.02. The van der Waals surface area contributed by atoms with Crippen LogP contribution in [0.2, 0.25) is 0 Å². The SMILES string of the molecule is CCCCCCCNc1ccc(SC(CC)C(=O)OCC)cc1. The van der Waals surface area contributed by atoms with Crippen molar-refractivity contribution in [3.63, 3.8) is 0 Å². The smallest absolute Gasteiger partial charge is 0.319 e. The van der Waals surface area contributed by atoms with E-state index in [1.165, 1.54) is 32.1 Å². The van der Waals surface area contributed by atoms with Crippen LogP contribution in [0.5, 0.6) is 0 Å². The summed E-state index contributed by atoms with van der Waals surface area (Å²) >= 11 is 1.58. The Morgan fingerprint density at radius 2 is 1.78 bits per heavy atom. The number of esters is 1. The molecule has 1 N–H and O–H groups in total. The third kappa shape index (κ3) is 8.31. The maximum absolute atomic E-state index is 11.8. The van der Waals surface area contributed by atoms with Crippen LogP contribution in [0.3, 0.4) is 0 Å². The molecule has 0 saturated heterocycles. The lowest BCUT2D eigenvalue weighted by atomic mass is 10.1. The second kappa shape index (κ2) is 12.3. The molecule has 130 valence electrons. The fourth-order valence-corrected chi connectivity index (χ4v) is 3.26. The summed E-state index contributed by atoms with van der Waals surface area (Å²) in [5.74, 6) is -0.116. The Labute approximate surface area is 145 Å². The predicted molar refractivity (Wildman–Crippen MR) is 100 cm³/mol. The van der Waals surface area contributed by atoms with Crippen LogP contribution in [-0.4, -0.2) is 24.4 Å². The molecule has 1 atom stereocenters. The second-order valence-electron chi connectivity index (χ2n) is 5.63. The summed E-state index contributed by atoms with van der Waals surface area (Å²) in [6.07, 6.45) is 7.26. The van der Waals surface area contributed by atoms with Gasteiger partial charge in [-0.15, -0.1) is 11.8 Å². The lowest BCUT2D eigenvalue weighted by Crippen LogP contribution is -2.19. The number of benzene rings is 1. The Balaban J connectivity index is 2.36. The molecule has 0 heterocycles. The van der Waals surface area contributed by atoms with E-state index >= 15 is 0 Å².